The van der Waals surface area contributed by atoms with Crippen LogP contribution < -0.4 is 0 Å². The minimum atomic E-state index is -0.332. The van der Waals surface area contributed by atoms with Crippen molar-refractivity contribution in [2.45, 2.75) is 38.8 Å². The van der Waals surface area contributed by atoms with Crippen molar-refractivity contribution in [1.82, 2.24) is 9.97 Å². The average Bonchev–Trinajstić information content (AvgIpc) is 2.51. The Morgan fingerprint density at radius 2 is 2.00 bits per heavy atom. The van der Waals surface area contributed by atoms with Gasteiger partial charge in [-0.05, 0) is 36.1 Å². The molecule has 0 atom stereocenters. The van der Waals surface area contributed by atoms with E-state index in [1.165, 1.54) is 17.3 Å². The zero-order valence-corrected chi connectivity index (χ0v) is 15.1. The number of ketones is 1. The van der Waals surface area contributed by atoms with Crippen LogP contribution in [0.15, 0.2) is 29.6 Å². The number of fused-ring (bicyclic) bond motifs is 3. The standard InChI is InChI=1S/C18H19ClN2OS/c1-18(2,3)15(22)10-23-17-20-9-12-5-4-11-6-7-13(19)8-14(11)16(12)21-17/h6-9H,4-5,10H2,1-3H3. The van der Waals surface area contributed by atoms with E-state index in [4.69, 9.17) is 16.6 Å². The quantitative estimate of drug-likeness (QED) is 0.601. The molecule has 120 valence electrons. The summed E-state index contributed by atoms with van der Waals surface area (Å²) in [5, 5.41) is 1.36. The highest BCUT2D eigenvalue weighted by Crippen LogP contribution is 2.34. The third-order valence-electron chi connectivity index (χ3n) is 4.00. The lowest BCUT2D eigenvalue weighted by Gasteiger charge is -2.19. The van der Waals surface area contributed by atoms with Crippen LogP contribution in [0.2, 0.25) is 5.02 Å². The fourth-order valence-corrected chi connectivity index (χ4v) is 3.63. The number of carbonyl (C=O) groups is 1. The van der Waals surface area contributed by atoms with Gasteiger partial charge in [-0.1, -0.05) is 50.2 Å². The second kappa shape index (κ2) is 6.25. The number of Topliss-reactive ketones (excluding diaryl/α,β-unsaturated/α-hetero) is 1. The molecule has 0 N–H and O–H groups in total. The summed E-state index contributed by atoms with van der Waals surface area (Å²) in [5.74, 6) is 0.595. The molecule has 3 rings (SSSR count). The Kier molecular flexibility index (Phi) is 4.47. The molecule has 0 spiro atoms. The highest BCUT2D eigenvalue weighted by atomic mass is 35.5. The van der Waals surface area contributed by atoms with Crippen LogP contribution in [0.5, 0.6) is 0 Å². The normalized spacial score (nSPS) is 13.4. The van der Waals surface area contributed by atoms with E-state index in [1.54, 1.807) is 0 Å². The van der Waals surface area contributed by atoms with E-state index in [2.05, 4.69) is 11.1 Å². The number of carbonyl (C=O) groups excluding carboxylic acids is 1. The lowest BCUT2D eigenvalue weighted by molar-refractivity contribution is -0.123. The van der Waals surface area contributed by atoms with Crippen molar-refractivity contribution < 1.29 is 4.79 Å². The molecule has 0 saturated carbocycles. The van der Waals surface area contributed by atoms with Gasteiger partial charge in [0.2, 0.25) is 0 Å². The summed E-state index contributed by atoms with van der Waals surface area (Å²) < 4.78 is 0. The highest BCUT2D eigenvalue weighted by Gasteiger charge is 2.23. The number of hydrogen-bond acceptors (Lipinski definition) is 4. The molecule has 0 fully saturated rings. The molecule has 2 aromatic rings. The number of thioether (sulfide) groups is 1. The topological polar surface area (TPSA) is 42.9 Å². The van der Waals surface area contributed by atoms with E-state index in [0.717, 1.165) is 29.7 Å². The summed E-state index contributed by atoms with van der Waals surface area (Å²) in [4.78, 5) is 21.2. The van der Waals surface area contributed by atoms with Crippen molar-refractivity contribution >= 4 is 29.1 Å². The second-order valence-electron chi connectivity index (χ2n) is 6.79. The first-order valence-corrected chi connectivity index (χ1v) is 9.02. The number of halogens is 1. The number of benzene rings is 1. The molecule has 1 heterocycles. The van der Waals surface area contributed by atoms with Crippen molar-refractivity contribution in [3.8, 4) is 11.3 Å². The van der Waals surface area contributed by atoms with Gasteiger partial charge in [0, 0.05) is 22.2 Å². The van der Waals surface area contributed by atoms with E-state index in [1.807, 2.05) is 39.1 Å². The summed E-state index contributed by atoms with van der Waals surface area (Å²) in [5.41, 5.74) is 4.12. The van der Waals surface area contributed by atoms with Crippen LogP contribution in [0.4, 0.5) is 0 Å². The molecule has 1 aliphatic carbocycles. The van der Waals surface area contributed by atoms with Gasteiger partial charge in [0.05, 0.1) is 11.4 Å². The Morgan fingerprint density at radius 1 is 1.26 bits per heavy atom. The number of hydrogen-bond donors (Lipinski definition) is 0. The summed E-state index contributed by atoms with van der Waals surface area (Å²) >= 11 is 7.54. The number of rotatable bonds is 3. The highest BCUT2D eigenvalue weighted by molar-refractivity contribution is 7.99. The van der Waals surface area contributed by atoms with Crippen molar-refractivity contribution in [2.75, 3.05) is 5.75 Å². The monoisotopic (exact) mass is 346 g/mol. The lowest BCUT2D eigenvalue weighted by atomic mass is 9.90. The molecule has 1 aromatic heterocycles. The number of aromatic nitrogens is 2. The maximum atomic E-state index is 12.1. The molecule has 0 amide bonds. The Labute approximate surface area is 145 Å². The van der Waals surface area contributed by atoms with Crippen molar-refractivity contribution in [2.24, 2.45) is 5.41 Å². The van der Waals surface area contributed by atoms with Gasteiger partial charge in [0.25, 0.3) is 0 Å². The molecule has 0 saturated heterocycles. The van der Waals surface area contributed by atoms with E-state index in [0.29, 0.717) is 15.9 Å². The SMILES string of the molecule is CC(C)(C)C(=O)CSc1ncc2c(n1)-c1cc(Cl)ccc1CC2. The number of nitrogens with zero attached hydrogens (tertiary/aromatic N) is 2. The number of aryl methyl sites for hydroxylation is 2. The van der Waals surface area contributed by atoms with Crippen LogP contribution in [0.1, 0.15) is 31.9 Å². The maximum absolute atomic E-state index is 12.1. The molecule has 5 heteroatoms. The van der Waals surface area contributed by atoms with Crippen LogP contribution in [0, 0.1) is 5.41 Å². The first kappa shape index (κ1) is 16.5. The molecular formula is C18H19ClN2OS. The summed E-state index contributed by atoms with van der Waals surface area (Å²) in [6.07, 6.45) is 3.81. The van der Waals surface area contributed by atoms with Gasteiger partial charge in [-0.25, -0.2) is 9.97 Å². The predicted molar refractivity (Wildman–Crippen MR) is 95.1 cm³/mol. The predicted octanol–water partition coefficient (Wildman–Crippen LogP) is 4.60. The van der Waals surface area contributed by atoms with Crippen LogP contribution in [-0.4, -0.2) is 21.5 Å². The van der Waals surface area contributed by atoms with E-state index >= 15 is 0 Å². The van der Waals surface area contributed by atoms with Gasteiger partial charge < -0.3 is 0 Å². The van der Waals surface area contributed by atoms with Gasteiger partial charge in [-0.15, -0.1) is 0 Å². The first-order chi connectivity index (χ1) is 10.8. The van der Waals surface area contributed by atoms with Gasteiger partial charge >= 0.3 is 0 Å². The molecule has 0 unspecified atom stereocenters. The average molecular weight is 347 g/mol. The molecule has 0 bridgehead atoms. The Balaban J connectivity index is 1.87. The van der Waals surface area contributed by atoms with Crippen LogP contribution in [-0.2, 0) is 17.6 Å². The van der Waals surface area contributed by atoms with Crippen LogP contribution in [0.25, 0.3) is 11.3 Å². The van der Waals surface area contributed by atoms with Gasteiger partial charge in [0.1, 0.15) is 5.78 Å². The summed E-state index contributed by atoms with van der Waals surface area (Å²) in [7, 11) is 0. The largest absolute Gasteiger partial charge is 0.298 e. The molecule has 1 aliphatic rings. The Hall–Kier alpha value is -1.39. The van der Waals surface area contributed by atoms with Gasteiger partial charge in [-0.2, -0.15) is 0 Å². The molecule has 1 aromatic carbocycles. The Bertz CT molecular complexity index is 768. The van der Waals surface area contributed by atoms with E-state index in [9.17, 15) is 4.79 Å². The minimum Gasteiger partial charge on any atom is -0.298 e. The fraction of sp³-hybridized carbons (Fsp3) is 0.389. The second-order valence-corrected chi connectivity index (χ2v) is 8.17. The zero-order valence-electron chi connectivity index (χ0n) is 13.5. The molecular weight excluding hydrogens is 328 g/mol. The van der Waals surface area contributed by atoms with Gasteiger partial charge in [0.15, 0.2) is 5.16 Å². The Morgan fingerprint density at radius 3 is 2.74 bits per heavy atom. The maximum Gasteiger partial charge on any atom is 0.188 e. The summed E-state index contributed by atoms with van der Waals surface area (Å²) in [6, 6.07) is 5.96. The lowest BCUT2D eigenvalue weighted by Crippen LogP contribution is -2.22. The molecule has 23 heavy (non-hydrogen) atoms. The van der Waals surface area contributed by atoms with Gasteiger partial charge in [-0.3, -0.25) is 4.79 Å². The first-order valence-electron chi connectivity index (χ1n) is 7.65. The zero-order chi connectivity index (χ0) is 16.6. The van der Waals surface area contributed by atoms with Crippen molar-refractivity contribution in [3.63, 3.8) is 0 Å². The fourth-order valence-electron chi connectivity index (χ4n) is 2.48. The third kappa shape index (κ3) is 3.59. The molecule has 0 radical (unpaired) electrons. The van der Waals surface area contributed by atoms with E-state index < -0.39 is 0 Å². The van der Waals surface area contributed by atoms with E-state index in [-0.39, 0.29) is 11.2 Å². The third-order valence-corrected chi connectivity index (χ3v) is 5.10. The molecule has 3 nitrogen and oxygen atoms in total. The van der Waals surface area contributed by atoms with Crippen LogP contribution >= 0.6 is 23.4 Å². The summed E-state index contributed by atoms with van der Waals surface area (Å²) in [6.45, 7) is 5.80. The van der Waals surface area contributed by atoms with Crippen LogP contribution in [0.3, 0.4) is 0 Å². The minimum absolute atomic E-state index is 0.201. The van der Waals surface area contributed by atoms with Crippen molar-refractivity contribution in [3.05, 3.63) is 40.5 Å². The smallest absolute Gasteiger partial charge is 0.188 e. The van der Waals surface area contributed by atoms with Crippen molar-refractivity contribution in [1.29, 1.82) is 0 Å². The molecule has 0 aliphatic heterocycles.